The van der Waals surface area contributed by atoms with E-state index in [1.54, 1.807) is 0 Å². The quantitative estimate of drug-likeness (QED) is 0.848. The van der Waals surface area contributed by atoms with Crippen molar-refractivity contribution in [2.24, 2.45) is 13.0 Å². The van der Waals surface area contributed by atoms with E-state index in [1.165, 1.54) is 25.7 Å². The number of nitrogens with one attached hydrogen (secondary N) is 1. The van der Waals surface area contributed by atoms with Gasteiger partial charge in [0.05, 0.1) is 11.4 Å². The smallest absolute Gasteiger partial charge is 0.147 e. The van der Waals surface area contributed by atoms with Gasteiger partial charge in [-0.2, -0.15) is 5.10 Å². The summed E-state index contributed by atoms with van der Waals surface area (Å²) in [5.41, 5.74) is 7.95. The lowest BCUT2D eigenvalue weighted by Crippen LogP contribution is -2.27. The molecule has 4 nitrogen and oxygen atoms in total. The van der Waals surface area contributed by atoms with Crippen LogP contribution in [0.3, 0.4) is 0 Å². The molecular formula is C13H24N4. The minimum atomic E-state index is 0.557. The van der Waals surface area contributed by atoms with Crippen molar-refractivity contribution < 1.29 is 0 Å². The van der Waals surface area contributed by atoms with Gasteiger partial charge < -0.3 is 11.1 Å². The molecule has 4 heteroatoms. The molecule has 0 saturated heterocycles. The van der Waals surface area contributed by atoms with Gasteiger partial charge in [0.25, 0.3) is 0 Å². The second-order valence-corrected chi connectivity index (χ2v) is 5.30. The van der Waals surface area contributed by atoms with Crippen molar-refractivity contribution in [3.05, 3.63) is 5.69 Å². The van der Waals surface area contributed by atoms with Crippen LogP contribution in [0.15, 0.2) is 0 Å². The Morgan fingerprint density at radius 3 is 2.82 bits per heavy atom. The van der Waals surface area contributed by atoms with Crippen molar-refractivity contribution in [3.8, 4) is 0 Å². The van der Waals surface area contributed by atoms with Crippen LogP contribution in [0.4, 0.5) is 11.5 Å². The molecule has 0 aromatic carbocycles. The Balaban J connectivity index is 2.10. The van der Waals surface area contributed by atoms with E-state index < -0.39 is 0 Å². The summed E-state index contributed by atoms with van der Waals surface area (Å²) in [5, 5.41) is 8.02. The van der Waals surface area contributed by atoms with Crippen molar-refractivity contribution in [2.75, 3.05) is 11.1 Å². The highest BCUT2D eigenvalue weighted by Gasteiger charge is 2.21. The number of nitrogens with two attached hydrogens (primary N) is 1. The SMILES string of the molecule is CCc1nn(C)c(NC2CCCC(C)C2)c1N. The van der Waals surface area contributed by atoms with Gasteiger partial charge in [0.2, 0.25) is 0 Å². The van der Waals surface area contributed by atoms with Crippen molar-refractivity contribution in [1.29, 1.82) is 0 Å². The fraction of sp³-hybridized carbons (Fsp3) is 0.769. The van der Waals surface area contributed by atoms with Gasteiger partial charge in [-0.3, -0.25) is 4.68 Å². The van der Waals surface area contributed by atoms with Crippen LogP contribution < -0.4 is 11.1 Å². The largest absolute Gasteiger partial charge is 0.394 e. The van der Waals surface area contributed by atoms with Crippen LogP contribution in [0, 0.1) is 5.92 Å². The van der Waals surface area contributed by atoms with E-state index >= 15 is 0 Å². The second-order valence-electron chi connectivity index (χ2n) is 5.30. The highest BCUT2D eigenvalue weighted by molar-refractivity contribution is 5.65. The fourth-order valence-electron chi connectivity index (χ4n) is 2.79. The molecule has 2 atom stereocenters. The second kappa shape index (κ2) is 4.98. The summed E-state index contributed by atoms with van der Waals surface area (Å²) in [5.74, 6) is 1.82. The van der Waals surface area contributed by atoms with Crippen molar-refractivity contribution in [3.63, 3.8) is 0 Å². The monoisotopic (exact) mass is 236 g/mol. The summed E-state index contributed by atoms with van der Waals surface area (Å²) in [7, 11) is 1.96. The van der Waals surface area contributed by atoms with Gasteiger partial charge in [-0.25, -0.2) is 0 Å². The highest BCUT2D eigenvalue weighted by atomic mass is 15.3. The number of aromatic nitrogens is 2. The first kappa shape index (κ1) is 12.3. The minimum Gasteiger partial charge on any atom is -0.394 e. The molecule has 1 saturated carbocycles. The lowest BCUT2D eigenvalue weighted by atomic mass is 9.87. The molecule has 1 aliphatic carbocycles. The third kappa shape index (κ3) is 2.56. The number of aryl methyl sites for hydroxylation is 2. The topological polar surface area (TPSA) is 55.9 Å². The zero-order chi connectivity index (χ0) is 12.4. The fourth-order valence-corrected chi connectivity index (χ4v) is 2.79. The molecule has 3 N–H and O–H groups in total. The summed E-state index contributed by atoms with van der Waals surface area (Å²) in [4.78, 5) is 0. The first-order chi connectivity index (χ1) is 8.11. The molecule has 0 radical (unpaired) electrons. The van der Waals surface area contributed by atoms with Gasteiger partial charge in [-0.1, -0.05) is 26.7 Å². The highest BCUT2D eigenvalue weighted by Crippen LogP contribution is 2.29. The molecule has 1 fully saturated rings. The van der Waals surface area contributed by atoms with Crippen LogP contribution in [0.5, 0.6) is 0 Å². The van der Waals surface area contributed by atoms with Crippen molar-refractivity contribution >= 4 is 11.5 Å². The molecule has 1 aromatic heterocycles. The maximum Gasteiger partial charge on any atom is 0.147 e. The number of hydrogen-bond acceptors (Lipinski definition) is 3. The van der Waals surface area contributed by atoms with Gasteiger partial charge in [0, 0.05) is 13.1 Å². The Bertz CT molecular complexity index is 383. The molecule has 1 aromatic rings. The normalized spacial score (nSPS) is 24.9. The van der Waals surface area contributed by atoms with E-state index in [2.05, 4.69) is 24.3 Å². The Kier molecular flexibility index (Phi) is 3.60. The van der Waals surface area contributed by atoms with Crippen LogP contribution in [0.1, 0.15) is 45.2 Å². The molecule has 2 rings (SSSR count). The average Bonchev–Trinajstić information content (AvgIpc) is 2.56. The van der Waals surface area contributed by atoms with E-state index in [0.29, 0.717) is 6.04 Å². The molecule has 96 valence electrons. The summed E-state index contributed by atoms with van der Waals surface area (Å²) in [6.45, 7) is 4.42. The first-order valence-corrected chi connectivity index (χ1v) is 6.69. The van der Waals surface area contributed by atoms with Gasteiger partial charge in [0.15, 0.2) is 0 Å². The summed E-state index contributed by atoms with van der Waals surface area (Å²) in [6, 6.07) is 0.557. The van der Waals surface area contributed by atoms with Gasteiger partial charge in [0.1, 0.15) is 5.82 Å². The molecule has 1 aliphatic rings. The predicted octanol–water partition coefficient (Wildman–Crippen LogP) is 2.56. The summed E-state index contributed by atoms with van der Waals surface area (Å²) in [6.07, 6.45) is 6.06. The van der Waals surface area contributed by atoms with E-state index in [1.807, 2.05) is 11.7 Å². The predicted molar refractivity (Wildman–Crippen MR) is 72.0 cm³/mol. The lowest BCUT2D eigenvalue weighted by Gasteiger charge is -2.28. The van der Waals surface area contributed by atoms with Gasteiger partial charge in [-0.15, -0.1) is 0 Å². The van der Waals surface area contributed by atoms with Crippen LogP contribution in [-0.4, -0.2) is 15.8 Å². The molecule has 0 spiro atoms. The Morgan fingerprint density at radius 1 is 1.47 bits per heavy atom. The molecule has 0 bridgehead atoms. The van der Waals surface area contributed by atoms with E-state index in [0.717, 1.165) is 29.5 Å². The summed E-state index contributed by atoms with van der Waals surface area (Å²) < 4.78 is 1.88. The Labute approximate surface area is 104 Å². The standard InChI is InChI=1S/C13H24N4/c1-4-11-12(14)13(17(3)16-11)15-10-7-5-6-9(2)8-10/h9-10,15H,4-8,14H2,1-3H3. The molecule has 0 aliphatic heterocycles. The van der Waals surface area contributed by atoms with E-state index in [9.17, 15) is 0 Å². The summed E-state index contributed by atoms with van der Waals surface area (Å²) >= 11 is 0. The maximum absolute atomic E-state index is 6.12. The van der Waals surface area contributed by atoms with Crippen LogP contribution in [0.25, 0.3) is 0 Å². The number of nitrogens with zero attached hydrogens (tertiary/aromatic N) is 2. The number of rotatable bonds is 3. The number of nitrogen functional groups attached to an aromatic ring is 1. The number of anilines is 2. The molecule has 2 unspecified atom stereocenters. The van der Waals surface area contributed by atoms with Crippen molar-refractivity contribution in [1.82, 2.24) is 9.78 Å². The first-order valence-electron chi connectivity index (χ1n) is 6.69. The Hall–Kier alpha value is -1.19. The molecular weight excluding hydrogens is 212 g/mol. The van der Waals surface area contributed by atoms with Crippen LogP contribution in [-0.2, 0) is 13.5 Å². The van der Waals surface area contributed by atoms with E-state index in [4.69, 9.17) is 5.73 Å². The van der Waals surface area contributed by atoms with Crippen LogP contribution >= 0.6 is 0 Å². The zero-order valence-electron chi connectivity index (χ0n) is 11.2. The Morgan fingerprint density at radius 2 is 2.24 bits per heavy atom. The lowest BCUT2D eigenvalue weighted by molar-refractivity contribution is 0.357. The number of hydrogen-bond donors (Lipinski definition) is 2. The molecule has 1 heterocycles. The average molecular weight is 236 g/mol. The van der Waals surface area contributed by atoms with Crippen molar-refractivity contribution in [2.45, 2.75) is 52.0 Å². The molecule has 17 heavy (non-hydrogen) atoms. The zero-order valence-corrected chi connectivity index (χ0v) is 11.2. The van der Waals surface area contributed by atoms with Gasteiger partial charge >= 0.3 is 0 Å². The molecule has 0 amide bonds. The minimum absolute atomic E-state index is 0.557. The van der Waals surface area contributed by atoms with E-state index in [-0.39, 0.29) is 0 Å². The maximum atomic E-state index is 6.12. The third-order valence-corrected chi connectivity index (χ3v) is 3.77. The third-order valence-electron chi connectivity index (χ3n) is 3.77. The van der Waals surface area contributed by atoms with Gasteiger partial charge in [-0.05, 0) is 25.2 Å². The van der Waals surface area contributed by atoms with Crippen LogP contribution in [0.2, 0.25) is 0 Å².